The van der Waals surface area contributed by atoms with Crippen molar-refractivity contribution < 1.29 is 4.79 Å². The van der Waals surface area contributed by atoms with Crippen LogP contribution in [0.25, 0.3) is 0 Å². The highest BCUT2D eigenvalue weighted by atomic mass is 16.2. The maximum absolute atomic E-state index is 12.1. The number of carbonyl (C=O) groups is 1. The third-order valence-corrected chi connectivity index (χ3v) is 6.79. The monoisotopic (exact) mass is 454 g/mol. The number of hydrogen-bond acceptors (Lipinski definition) is 9. The lowest BCUT2D eigenvalue weighted by molar-refractivity contribution is -0.129. The van der Waals surface area contributed by atoms with Gasteiger partial charge >= 0.3 is 0 Å². The Morgan fingerprint density at radius 1 is 1.09 bits per heavy atom. The van der Waals surface area contributed by atoms with E-state index in [4.69, 9.17) is 15.0 Å². The van der Waals surface area contributed by atoms with Crippen LogP contribution < -0.4 is 15.1 Å². The van der Waals surface area contributed by atoms with Gasteiger partial charge in [0.05, 0.1) is 6.54 Å². The molecule has 0 radical (unpaired) electrons. The molecule has 11 nitrogen and oxygen atoms in total. The Hall–Kier alpha value is -2.95. The standard InChI is InChI=1S/C22H34N10O/c1-15-5-4-8-32(15)22-25-20(23-18-13-17(27-28-18)16-6-7-16)24-21(26-22)31-11-9-30(10-12-31)14-19(33)29(2)3/h13,15-16H,4-12,14H2,1-3H3,(H2,23,24,25,26,27,28)/t15-/m0/s1. The molecule has 1 atom stereocenters. The minimum Gasteiger partial charge on any atom is -0.348 e. The molecule has 2 saturated heterocycles. The lowest BCUT2D eigenvalue weighted by Gasteiger charge is -2.35. The summed E-state index contributed by atoms with van der Waals surface area (Å²) >= 11 is 0. The lowest BCUT2D eigenvalue weighted by Crippen LogP contribution is -2.50. The Morgan fingerprint density at radius 3 is 2.52 bits per heavy atom. The molecule has 0 bridgehead atoms. The van der Waals surface area contributed by atoms with Crippen LogP contribution in [0.2, 0.25) is 0 Å². The predicted octanol–water partition coefficient (Wildman–Crippen LogP) is 1.41. The number of hydrogen-bond donors (Lipinski definition) is 2. The highest BCUT2D eigenvalue weighted by molar-refractivity contribution is 5.77. The lowest BCUT2D eigenvalue weighted by atomic mass is 10.2. The Balaban J connectivity index is 1.33. The number of anilines is 4. The normalized spacial score (nSPS) is 21.5. The van der Waals surface area contributed by atoms with Gasteiger partial charge in [-0.3, -0.25) is 14.8 Å². The smallest absolute Gasteiger partial charge is 0.236 e. The highest BCUT2D eigenvalue weighted by Crippen LogP contribution is 2.39. The van der Waals surface area contributed by atoms with Gasteiger partial charge < -0.3 is 20.0 Å². The first-order chi connectivity index (χ1) is 16.0. The van der Waals surface area contributed by atoms with Crippen molar-refractivity contribution in [1.29, 1.82) is 0 Å². The van der Waals surface area contributed by atoms with Crippen molar-refractivity contribution in [3.63, 3.8) is 0 Å². The molecule has 1 amide bonds. The molecule has 5 rings (SSSR count). The van der Waals surface area contributed by atoms with E-state index in [-0.39, 0.29) is 5.91 Å². The van der Waals surface area contributed by atoms with Crippen molar-refractivity contribution in [2.75, 3.05) is 68.5 Å². The number of rotatable bonds is 7. The first kappa shape index (κ1) is 21.9. The van der Waals surface area contributed by atoms with Crippen molar-refractivity contribution in [3.05, 3.63) is 11.8 Å². The zero-order chi connectivity index (χ0) is 22.9. The minimum absolute atomic E-state index is 0.130. The molecule has 3 fully saturated rings. The number of H-pyrrole nitrogens is 1. The largest absolute Gasteiger partial charge is 0.348 e. The van der Waals surface area contributed by atoms with Gasteiger partial charge in [-0.2, -0.15) is 20.1 Å². The summed E-state index contributed by atoms with van der Waals surface area (Å²) in [7, 11) is 3.59. The summed E-state index contributed by atoms with van der Waals surface area (Å²) in [6, 6.07) is 2.47. The molecule has 2 aliphatic heterocycles. The molecule has 4 heterocycles. The number of nitrogens with one attached hydrogen (secondary N) is 2. The van der Waals surface area contributed by atoms with Gasteiger partial charge in [0.1, 0.15) is 0 Å². The first-order valence-electron chi connectivity index (χ1n) is 12.0. The molecule has 3 aliphatic rings. The summed E-state index contributed by atoms with van der Waals surface area (Å²) in [5, 5.41) is 10.8. The second kappa shape index (κ2) is 9.12. The van der Waals surface area contributed by atoms with Gasteiger partial charge in [0.25, 0.3) is 0 Å². The Kier molecular flexibility index (Phi) is 6.05. The molecule has 11 heteroatoms. The molecule has 2 aromatic rings. The van der Waals surface area contributed by atoms with Gasteiger partial charge in [0.2, 0.25) is 23.8 Å². The van der Waals surface area contributed by atoms with Crippen molar-refractivity contribution in [1.82, 2.24) is 34.9 Å². The zero-order valence-corrected chi connectivity index (χ0v) is 19.8. The molecular formula is C22H34N10O. The molecule has 2 aromatic heterocycles. The summed E-state index contributed by atoms with van der Waals surface area (Å²) in [5.74, 6) is 3.40. The summed E-state index contributed by atoms with van der Waals surface area (Å²) in [6.07, 6.45) is 4.74. The molecule has 0 unspecified atom stereocenters. The molecule has 1 aliphatic carbocycles. The fourth-order valence-electron chi connectivity index (χ4n) is 4.47. The van der Waals surface area contributed by atoms with Gasteiger partial charge in [0, 0.05) is 70.5 Å². The average Bonchev–Trinajstić information content (AvgIpc) is 3.40. The van der Waals surface area contributed by atoms with E-state index in [0.717, 1.165) is 57.3 Å². The van der Waals surface area contributed by atoms with E-state index in [2.05, 4.69) is 43.2 Å². The van der Waals surface area contributed by atoms with Gasteiger partial charge in [0.15, 0.2) is 5.82 Å². The first-order valence-corrected chi connectivity index (χ1v) is 12.0. The fourth-order valence-corrected chi connectivity index (χ4v) is 4.47. The zero-order valence-electron chi connectivity index (χ0n) is 19.8. The fraction of sp³-hybridized carbons (Fsp3) is 0.682. The quantitative estimate of drug-likeness (QED) is 0.642. The van der Waals surface area contributed by atoms with E-state index in [1.54, 1.807) is 19.0 Å². The van der Waals surface area contributed by atoms with Gasteiger partial charge in [-0.25, -0.2) is 0 Å². The highest BCUT2D eigenvalue weighted by Gasteiger charge is 2.28. The number of piperazine rings is 1. The van der Waals surface area contributed by atoms with Crippen LogP contribution in [0.3, 0.4) is 0 Å². The SMILES string of the molecule is C[C@H]1CCCN1c1nc(Nc2cc(C3CC3)[nH]n2)nc(N2CCN(CC(=O)N(C)C)CC2)n1. The second-order valence-electron chi connectivity index (χ2n) is 9.60. The summed E-state index contributed by atoms with van der Waals surface area (Å²) < 4.78 is 0. The van der Waals surface area contributed by atoms with E-state index >= 15 is 0 Å². The molecule has 178 valence electrons. The number of aromatic amines is 1. The maximum Gasteiger partial charge on any atom is 0.236 e. The topological polar surface area (TPSA) is 109 Å². The van der Waals surface area contributed by atoms with Gasteiger partial charge in [-0.05, 0) is 32.6 Å². The Labute approximate surface area is 194 Å². The number of carbonyl (C=O) groups excluding carboxylic acids is 1. The van der Waals surface area contributed by atoms with Crippen LogP contribution in [0, 0.1) is 0 Å². The molecule has 1 saturated carbocycles. The average molecular weight is 455 g/mol. The Bertz CT molecular complexity index is 979. The number of likely N-dealkylation sites (N-methyl/N-ethyl adjacent to an activating group) is 1. The number of aromatic nitrogens is 5. The van der Waals surface area contributed by atoms with E-state index in [0.29, 0.717) is 30.4 Å². The number of amides is 1. The third-order valence-electron chi connectivity index (χ3n) is 6.79. The van der Waals surface area contributed by atoms with E-state index in [1.807, 2.05) is 0 Å². The van der Waals surface area contributed by atoms with Crippen molar-refractivity contribution >= 4 is 29.6 Å². The molecule has 0 spiro atoms. The van der Waals surface area contributed by atoms with Crippen molar-refractivity contribution in [2.24, 2.45) is 0 Å². The van der Waals surface area contributed by atoms with Crippen molar-refractivity contribution in [3.8, 4) is 0 Å². The van der Waals surface area contributed by atoms with E-state index in [1.165, 1.54) is 18.5 Å². The van der Waals surface area contributed by atoms with Crippen LogP contribution in [0.15, 0.2) is 6.07 Å². The number of nitrogens with zero attached hydrogens (tertiary/aromatic N) is 8. The van der Waals surface area contributed by atoms with Crippen LogP contribution in [-0.2, 0) is 4.79 Å². The molecule has 2 N–H and O–H groups in total. The molecule has 0 aromatic carbocycles. The summed E-state index contributed by atoms with van der Waals surface area (Å²) in [4.78, 5) is 34.7. The second-order valence-corrected chi connectivity index (χ2v) is 9.60. The van der Waals surface area contributed by atoms with Crippen LogP contribution in [0.1, 0.15) is 44.2 Å². The van der Waals surface area contributed by atoms with Crippen LogP contribution in [0.4, 0.5) is 23.7 Å². The summed E-state index contributed by atoms with van der Waals surface area (Å²) in [6.45, 7) is 6.77. The van der Waals surface area contributed by atoms with Crippen LogP contribution in [0.5, 0.6) is 0 Å². The van der Waals surface area contributed by atoms with E-state index in [9.17, 15) is 4.79 Å². The molecule has 33 heavy (non-hydrogen) atoms. The maximum atomic E-state index is 12.1. The van der Waals surface area contributed by atoms with E-state index < -0.39 is 0 Å². The summed E-state index contributed by atoms with van der Waals surface area (Å²) in [5.41, 5.74) is 1.17. The van der Waals surface area contributed by atoms with Crippen LogP contribution >= 0.6 is 0 Å². The van der Waals surface area contributed by atoms with Crippen LogP contribution in [-0.4, -0.2) is 100 Å². The van der Waals surface area contributed by atoms with Gasteiger partial charge in [-0.15, -0.1) is 0 Å². The minimum atomic E-state index is 0.130. The predicted molar refractivity (Wildman–Crippen MR) is 127 cm³/mol. The van der Waals surface area contributed by atoms with Crippen molar-refractivity contribution in [2.45, 2.75) is 44.6 Å². The Morgan fingerprint density at radius 2 is 1.85 bits per heavy atom. The molecular weight excluding hydrogens is 420 g/mol. The third kappa shape index (κ3) is 5.02. The van der Waals surface area contributed by atoms with Gasteiger partial charge in [-0.1, -0.05) is 0 Å².